The molecule has 5 heteroatoms. The van der Waals surface area contributed by atoms with Crippen LogP contribution < -0.4 is 0 Å². The monoisotopic (exact) mass is 378 g/mol. The van der Waals surface area contributed by atoms with Crippen LogP contribution in [0.25, 0.3) is 0 Å². The third kappa shape index (κ3) is 4.76. The first-order chi connectivity index (χ1) is 13.8. The number of aryl methyl sites for hydroxylation is 1. The number of carbonyl (C=O) groups is 1. The minimum absolute atomic E-state index is 0.0194. The lowest BCUT2D eigenvalue weighted by Crippen LogP contribution is -2.49. The van der Waals surface area contributed by atoms with Crippen molar-refractivity contribution in [2.45, 2.75) is 44.6 Å². The zero-order valence-electron chi connectivity index (χ0n) is 16.5. The predicted octanol–water partition coefficient (Wildman–Crippen LogP) is 3.43. The highest BCUT2D eigenvalue weighted by Gasteiger charge is 2.30. The van der Waals surface area contributed by atoms with Crippen LogP contribution in [-0.2, 0) is 6.42 Å². The Morgan fingerprint density at radius 3 is 2.61 bits per heavy atom. The summed E-state index contributed by atoms with van der Waals surface area (Å²) in [6, 6.07) is 11.5. The van der Waals surface area contributed by atoms with Crippen molar-refractivity contribution in [3.8, 4) is 0 Å². The number of aromatic nitrogens is 2. The number of benzene rings is 1. The van der Waals surface area contributed by atoms with E-state index in [1.807, 2.05) is 4.90 Å². The van der Waals surface area contributed by atoms with Gasteiger partial charge in [0.2, 0.25) is 0 Å². The molecule has 2 aliphatic rings. The molecule has 2 aliphatic heterocycles. The fraction of sp³-hybridized carbons (Fsp3) is 0.522. The molecule has 28 heavy (non-hydrogen) atoms. The minimum Gasteiger partial charge on any atom is -0.337 e. The number of likely N-dealkylation sites (tertiary alicyclic amines) is 2. The Kier molecular flexibility index (Phi) is 6.32. The number of hydrogen-bond donors (Lipinski definition) is 0. The first kappa shape index (κ1) is 19.1. The second-order valence-corrected chi connectivity index (χ2v) is 8.14. The van der Waals surface area contributed by atoms with Gasteiger partial charge in [0.15, 0.2) is 0 Å². The molecule has 1 aromatic heterocycles. The molecule has 0 aliphatic carbocycles. The summed E-state index contributed by atoms with van der Waals surface area (Å²) in [5, 5.41) is 0. The molecule has 1 unspecified atom stereocenters. The molecular formula is C23H30N4O. The second-order valence-electron chi connectivity index (χ2n) is 8.14. The van der Waals surface area contributed by atoms with E-state index in [1.54, 1.807) is 18.6 Å². The fourth-order valence-electron chi connectivity index (χ4n) is 4.69. The Morgan fingerprint density at radius 2 is 1.86 bits per heavy atom. The number of carbonyl (C=O) groups excluding carboxylic acids is 1. The Balaban J connectivity index is 1.25. The number of piperidine rings is 2. The van der Waals surface area contributed by atoms with E-state index in [0.717, 1.165) is 31.8 Å². The van der Waals surface area contributed by atoms with Crippen LogP contribution in [0.4, 0.5) is 0 Å². The van der Waals surface area contributed by atoms with Crippen molar-refractivity contribution >= 4 is 5.91 Å². The van der Waals surface area contributed by atoms with E-state index in [4.69, 9.17) is 0 Å². The van der Waals surface area contributed by atoms with Crippen molar-refractivity contribution in [1.82, 2.24) is 19.8 Å². The summed E-state index contributed by atoms with van der Waals surface area (Å²) in [4.78, 5) is 25.4. The van der Waals surface area contributed by atoms with Crippen molar-refractivity contribution < 1.29 is 4.79 Å². The van der Waals surface area contributed by atoms with Gasteiger partial charge in [-0.3, -0.25) is 14.7 Å². The molecule has 2 fully saturated rings. The SMILES string of the molecule is O=C(c1cnccn1)N1CCC(N2CCCC(CCc3ccccc3)C2)CC1. The molecule has 2 aromatic rings. The fourth-order valence-corrected chi connectivity index (χ4v) is 4.69. The van der Waals surface area contributed by atoms with E-state index in [2.05, 4.69) is 45.2 Å². The minimum atomic E-state index is 0.0194. The normalized spacial score (nSPS) is 21.6. The van der Waals surface area contributed by atoms with Crippen molar-refractivity contribution in [1.29, 1.82) is 0 Å². The summed E-state index contributed by atoms with van der Waals surface area (Å²) in [5.41, 5.74) is 1.91. The molecule has 1 aromatic carbocycles. The van der Waals surface area contributed by atoms with E-state index < -0.39 is 0 Å². The van der Waals surface area contributed by atoms with E-state index in [0.29, 0.717) is 11.7 Å². The summed E-state index contributed by atoms with van der Waals surface area (Å²) in [7, 11) is 0. The van der Waals surface area contributed by atoms with Crippen molar-refractivity contribution in [2.24, 2.45) is 5.92 Å². The van der Waals surface area contributed by atoms with Gasteiger partial charge in [0.25, 0.3) is 5.91 Å². The summed E-state index contributed by atoms with van der Waals surface area (Å²) in [6.45, 7) is 4.08. The van der Waals surface area contributed by atoms with Crippen LogP contribution >= 0.6 is 0 Å². The van der Waals surface area contributed by atoms with E-state index in [-0.39, 0.29) is 5.91 Å². The van der Waals surface area contributed by atoms with Gasteiger partial charge >= 0.3 is 0 Å². The van der Waals surface area contributed by atoms with Crippen molar-refractivity contribution in [3.05, 3.63) is 60.2 Å². The van der Waals surface area contributed by atoms with E-state index in [9.17, 15) is 4.79 Å². The Hall–Kier alpha value is -2.27. The highest BCUT2D eigenvalue weighted by Crippen LogP contribution is 2.26. The smallest absolute Gasteiger partial charge is 0.274 e. The number of rotatable bonds is 5. The molecule has 5 nitrogen and oxygen atoms in total. The van der Waals surface area contributed by atoms with Gasteiger partial charge in [-0.2, -0.15) is 0 Å². The van der Waals surface area contributed by atoms with Crippen LogP contribution in [0.15, 0.2) is 48.9 Å². The molecular weight excluding hydrogens is 348 g/mol. The lowest BCUT2D eigenvalue weighted by atomic mass is 9.89. The zero-order valence-corrected chi connectivity index (χ0v) is 16.5. The van der Waals surface area contributed by atoms with Crippen LogP contribution in [0.1, 0.15) is 48.2 Å². The Morgan fingerprint density at radius 1 is 1.04 bits per heavy atom. The average Bonchev–Trinajstić information content (AvgIpc) is 2.79. The molecule has 148 valence electrons. The molecule has 1 atom stereocenters. The standard InChI is InChI=1S/C23H30N4O/c28-23(22-17-24-12-13-25-22)26-15-10-21(11-16-26)27-14-4-7-20(18-27)9-8-19-5-2-1-3-6-19/h1-3,5-6,12-13,17,20-21H,4,7-11,14-16,18H2. The van der Waals surface area contributed by atoms with E-state index >= 15 is 0 Å². The molecule has 0 bridgehead atoms. The molecule has 0 radical (unpaired) electrons. The van der Waals surface area contributed by atoms with Gasteiger partial charge in [-0.05, 0) is 56.6 Å². The molecule has 1 amide bonds. The maximum atomic E-state index is 12.6. The van der Waals surface area contributed by atoms with Gasteiger partial charge in [-0.1, -0.05) is 30.3 Å². The molecule has 3 heterocycles. The van der Waals surface area contributed by atoms with Gasteiger partial charge < -0.3 is 4.90 Å². The quantitative estimate of drug-likeness (QED) is 0.800. The first-order valence-electron chi connectivity index (χ1n) is 10.6. The second kappa shape index (κ2) is 9.28. The predicted molar refractivity (Wildman–Crippen MR) is 110 cm³/mol. The lowest BCUT2D eigenvalue weighted by molar-refractivity contribution is 0.0517. The molecule has 0 saturated carbocycles. The Bertz CT molecular complexity index is 744. The molecule has 0 spiro atoms. The first-order valence-corrected chi connectivity index (χ1v) is 10.6. The highest BCUT2D eigenvalue weighted by atomic mass is 16.2. The molecule has 4 rings (SSSR count). The van der Waals surface area contributed by atoms with Crippen LogP contribution in [0.2, 0.25) is 0 Å². The third-order valence-electron chi connectivity index (χ3n) is 6.28. The van der Waals surface area contributed by atoms with E-state index in [1.165, 1.54) is 44.3 Å². The maximum Gasteiger partial charge on any atom is 0.274 e. The van der Waals surface area contributed by atoms with Crippen molar-refractivity contribution in [3.63, 3.8) is 0 Å². The van der Waals surface area contributed by atoms with Crippen molar-refractivity contribution in [2.75, 3.05) is 26.2 Å². The lowest BCUT2D eigenvalue weighted by Gasteiger charge is -2.42. The summed E-state index contributed by atoms with van der Waals surface area (Å²) >= 11 is 0. The topological polar surface area (TPSA) is 49.3 Å². The average molecular weight is 379 g/mol. The van der Waals surface area contributed by atoms with Crippen LogP contribution in [0.3, 0.4) is 0 Å². The summed E-state index contributed by atoms with van der Waals surface area (Å²) in [6.07, 6.45) is 12.0. The number of nitrogens with zero attached hydrogens (tertiary/aromatic N) is 4. The van der Waals surface area contributed by atoms with Crippen LogP contribution in [0, 0.1) is 5.92 Å². The van der Waals surface area contributed by atoms with Crippen LogP contribution in [-0.4, -0.2) is 57.9 Å². The van der Waals surface area contributed by atoms with Gasteiger partial charge in [0.1, 0.15) is 5.69 Å². The van der Waals surface area contributed by atoms with Crippen LogP contribution in [0.5, 0.6) is 0 Å². The van der Waals surface area contributed by atoms with Gasteiger partial charge in [0, 0.05) is 38.1 Å². The molecule has 2 saturated heterocycles. The number of amides is 1. The Labute approximate surface area is 167 Å². The summed E-state index contributed by atoms with van der Waals surface area (Å²) in [5.74, 6) is 0.819. The number of hydrogen-bond acceptors (Lipinski definition) is 4. The largest absolute Gasteiger partial charge is 0.337 e. The van der Waals surface area contributed by atoms with Gasteiger partial charge in [-0.15, -0.1) is 0 Å². The molecule has 0 N–H and O–H groups in total. The maximum absolute atomic E-state index is 12.6. The van der Waals surface area contributed by atoms with Gasteiger partial charge in [-0.25, -0.2) is 4.98 Å². The third-order valence-corrected chi connectivity index (χ3v) is 6.28. The van der Waals surface area contributed by atoms with Gasteiger partial charge in [0.05, 0.1) is 6.20 Å². The highest BCUT2D eigenvalue weighted by molar-refractivity contribution is 5.92. The summed E-state index contributed by atoms with van der Waals surface area (Å²) < 4.78 is 0. The zero-order chi connectivity index (χ0) is 19.2.